The number of nitrogens with zero attached hydrogens (tertiary/aromatic N) is 3. The monoisotopic (exact) mass is 269 g/mol. The SMILES string of the molecule is N#CCN(C(=O)C1=NO[C@H](c2ccccc2)C1)C1CC1. The van der Waals surface area contributed by atoms with Crippen molar-refractivity contribution in [3.63, 3.8) is 0 Å². The number of hydrogen-bond acceptors (Lipinski definition) is 4. The number of rotatable bonds is 4. The third-order valence-electron chi connectivity index (χ3n) is 3.58. The van der Waals surface area contributed by atoms with Gasteiger partial charge in [-0.05, 0) is 18.4 Å². The smallest absolute Gasteiger partial charge is 0.272 e. The molecule has 1 heterocycles. The van der Waals surface area contributed by atoms with Gasteiger partial charge in [0, 0.05) is 12.5 Å². The summed E-state index contributed by atoms with van der Waals surface area (Å²) in [6.07, 6.45) is 2.23. The van der Waals surface area contributed by atoms with Gasteiger partial charge < -0.3 is 9.74 Å². The highest BCUT2D eigenvalue weighted by Gasteiger charge is 2.37. The van der Waals surface area contributed by atoms with Crippen LogP contribution in [0.3, 0.4) is 0 Å². The van der Waals surface area contributed by atoms with Crippen LogP contribution in [-0.4, -0.2) is 29.1 Å². The lowest BCUT2D eigenvalue weighted by atomic mass is 10.0. The zero-order valence-electron chi connectivity index (χ0n) is 11.0. The molecule has 1 atom stereocenters. The van der Waals surface area contributed by atoms with Gasteiger partial charge in [0.1, 0.15) is 12.3 Å². The molecule has 0 spiro atoms. The van der Waals surface area contributed by atoms with Crippen molar-refractivity contribution in [1.82, 2.24) is 4.90 Å². The number of oxime groups is 1. The van der Waals surface area contributed by atoms with Gasteiger partial charge in [0.25, 0.3) is 5.91 Å². The van der Waals surface area contributed by atoms with Crippen LogP contribution in [0.15, 0.2) is 35.5 Å². The van der Waals surface area contributed by atoms with E-state index in [-0.39, 0.29) is 24.6 Å². The van der Waals surface area contributed by atoms with Crippen molar-refractivity contribution >= 4 is 11.6 Å². The van der Waals surface area contributed by atoms with E-state index in [9.17, 15) is 4.79 Å². The van der Waals surface area contributed by atoms with Crippen LogP contribution in [0.1, 0.15) is 30.9 Å². The van der Waals surface area contributed by atoms with Gasteiger partial charge in [-0.3, -0.25) is 4.79 Å². The van der Waals surface area contributed by atoms with E-state index in [1.807, 2.05) is 36.4 Å². The molecule has 5 nitrogen and oxygen atoms in total. The van der Waals surface area contributed by atoms with Crippen LogP contribution in [0.4, 0.5) is 0 Å². The minimum atomic E-state index is -0.196. The predicted octanol–water partition coefficient (Wildman–Crippen LogP) is 2.02. The van der Waals surface area contributed by atoms with Crippen LogP contribution in [-0.2, 0) is 9.63 Å². The molecule has 1 amide bonds. The van der Waals surface area contributed by atoms with E-state index in [4.69, 9.17) is 10.1 Å². The normalized spacial score (nSPS) is 20.8. The van der Waals surface area contributed by atoms with Crippen molar-refractivity contribution in [2.45, 2.75) is 31.4 Å². The summed E-state index contributed by atoms with van der Waals surface area (Å²) in [5.74, 6) is -0.160. The van der Waals surface area contributed by atoms with Crippen molar-refractivity contribution in [3.05, 3.63) is 35.9 Å². The average molecular weight is 269 g/mol. The highest BCUT2D eigenvalue weighted by Crippen LogP contribution is 2.31. The average Bonchev–Trinajstić information content (AvgIpc) is 3.21. The van der Waals surface area contributed by atoms with E-state index in [0.29, 0.717) is 12.1 Å². The zero-order chi connectivity index (χ0) is 13.9. The van der Waals surface area contributed by atoms with Crippen LogP contribution < -0.4 is 0 Å². The first kappa shape index (κ1) is 12.7. The van der Waals surface area contributed by atoms with Gasteiger partial charge in [-0.1, -0.05) is 35.5 Å². The topological polar surface area (TPSA) is 65.7 Å². The fourth-order valence-electron chi connectivity index (χ4n) is 2.35. The van der Waals surface area contributed by atoms with Gasteiger partial charge in [-0.15, -0.1) is 0 Å². The number of hydrogen-bond donors (Lipinski definition) is 0. The minimum Gasteiger partial charge on any atom is -0.387 e. The molecule has 1 fully saturated rings. The summed E-state index contributed by atoms with van der Waals surface area (Å²) in [6.45, 7) is 0.124. The molecule has 1 aromatic carbocycles. The van der Waals surface area contributed by atoms with Crippen LogP contribution >= 0.6 is 0 Å². The zero-order valence-corrected chi connectivity index (χ0v) is 11.0. The van der Waals surface area contributed by atoms with Crippen molar-refractivity contribution in [2.75, 3.05) is 6.54 Å². The molecule has 0 bridgehead atoms. The molecule has 20 heavy (non-hydrogen) atoms. The third-order valence-corrected chi connectivity index (χ3v) is 3.58. The Kier molecular flexibility index (Phi) is 3.38. The molecule has 0 radical (unpaired) electrons. The Hall–Kier alpha value is -2.35. The van der Waals surface area contributed by atoms with Gasteiger partial charge in [0.05, 0.1) is 6.07 Å². The van der Waals surface area contributed by atoms with E-state index in [0.717, 1.165) is 18.4 Å². The summed E-state index contributed by atoms with van der Waals surface area (Å²) in [4.78, 5) is 19.3. The van der Waals surface area contributed by atoms with E-state index in [1.54, 1.807) is 4.90 Å². The molecule has 1 aliphatic heterocycles. The minimum absolute atomic E-state index is 0.124. The first-order valence-electron chi connectivity index (χ1n) is 6.75. The second-order valence-electron chi connectivity index (χ2n) is 5.07. The van der Waals surface area contributed by atoms with E-state index < -0.39 is 0 Å². The Bertz CT molecular complexity index is 573. The van der Waals surface area contributed by atoms with Crippen molar-refractivity contribution in [1.29, 1.82) is 5.26 Å². The van der Waals surface area contributed by atoms with Crippen LogP contribution in [0, 0.1) is 11.3 Å². The maximum Gasteiger partial charge on any atom is 0.272 e. The molecule has 0 saturated heterocycles. The summed E-state index contributed by atoms with van der Waals surface area (Å²) in [5.41, 5.74) is 1.43. The van der Waals surface area contributed by atoms with Crippen molar-refractivity contribution in [2.24, 2.45) is 5.16 Å². The fraction of sp³-hybridized carbons (Fsp3) is 0.400. The molecule has 0 aromatic heterocycles. The molecule has 3 rings (SSSR count). The van der Waals surface area contributed by atoms with Crippen molar-refractivity contribution < 1.29 is 9.63 Å². The van der Waals surface area contributed by atoms with Crippen LogP contribution in [0.2, 0.25) is 0 Å². The van der Waals surface area contributed by atoms with E-state index in [2.05, 4.69) is 5.16 Å². The van der Waals surface area contributed by atoms with E-state index in [1.165, 1.54) is 0 Å². The lowest BCUT2D eigenvalue weighted by molar-refractivity contribution is -0.124. The number of benzene rings is 1. The Morgan fingerprint density at radius 1 is 1.40 bits per heavy atom. The van der Waals surface area contributed by atoms with Crippen LogP contribution in [0.5, 0.6) is 0 Å². The summed E-state index contributed by atoms with van der Waals surface area (Å²) in [5, 5.41) is 12.7. The van der Waals surface area contributed by atoms with Gasteiger partial charge >= 0.3 is 0 Å². The largest absolute Gasteiger partial charge is 0.387 e. The molecule has 5 heteroatoms. The number of amides is 1. The summed E-state index contributed by atoms with van der Waals surface area (Å²) in [6, 6.07) is 12.0. The second kappa shape index (κ2) is 5.33. The number of carbonyl (C=O) groups is 1. The van der Waals surface area contributed by atoms with Gasteiger partial charge in [0.2, 0.25) is 0 Å². The molecular formula is C15H15N3O2. The summed E-state index contributed by atoms with van der Waals surface area (Å²) < 4.78 is 0. The third kappa shape index (κ3) is 2.50. The lowest BCUT2D eigenvalue weighted by Gasteiger charge is -2.18. The Morgan fingerprint density at radius 2 is 2.15 bits per heavy atom. The van der Waals surface area contributed by atoms with Crippen LogP contribution in [0.25, 0.3) is 0 Å². The highest BCUT2D eigenvalue weighted by molar-refractivity contribution is 6.39. The maximum atomic E-state index is 12.4. The molecule has 1 aliphatic carbocycles. The highest BCUT2D eigenvalue weighted by atomic mass is 16.6. The van der Waals surface area contributed by atoms with Gasteiger partial charge in [-0.25, -0.2) is 0 Å². The van der Waals surface area contributed by atoms with E-state index >= 15 is 0 Å². The number of nitriles is 1. The summed E-state index contributed by atoms with van der Waals surface area (Å²) in [7, 11) is 0. The quantitative estimate of drug-likeness (QED) is 0.785. The number of carbonyl (C=O) groups excluding carboxylic acids is 1. The lowest BCUT2D eigenvalue weighted by Crippen LogP contribution is -2.38. The van der Waals surface area contributed by atoms with Gasteiger partial charge in [-0.2, -0.15) is 5.26 Å². The first-order chi connectivity index (χ1) is 9.79. The molecule has 1 aromatic rings. The molecule has 102 valence electrons. The summed E-state index contributed by atoms with van der Waals surface area (Å²) >= 11 is 0. The molecular weight excluding hydrogens is 254 g/mol. The predicted molar refractivity (Wildman–Crippen MR) is 72.7 cm³/mol. The fourth-order valence-corrected chi connectivity index (χ4v) is 2.35. The first-order valence-corrected chi connectivity index (χ1v) is 6.75. The van der Waals surface area contributed by atoms with Crippen molar-refractivity contribution in [3.8, 4) is 6.07 Å². The second-order valence-corrected chi connectivity index (χ2v) is 5.07. The Labute approximate surface area is 117 Å². The molecule has 0 unspecified atom stereocenters. The van der Waals surface area contributed by atoms with Gasteiger partial charge in [0.15, 0.2) is 6.10 Å². The molecule has 2 aliphatic rings. The maximum absolute atomic E-state index is 12.4. The molecule has 1 saturated carbocycles. The molecule has 0 N–H and O–H groups in total. The standard InChI is InChI=1S/C15H15N3O2/c16-8-9-18(12-6-7-12)15(19)13-10-14(20-17-13)11-4-2-1-3-5-11/h1-5,12,14H,6-7,9-10H2/t14-/m0/s1. The Morgan fingerprint density at radius 3 is 2.80 bits per heavy atom. The Balaban J connectivity index is 1.67.